The zero-order valence-corrected chi connectivity index (χ0v) is 13.3. The van der Waals surface area contributed by atoms with Gasteiger partial charge in [-0.3, -0.25) is 4.79 Å². The number of carboxylic acid groups (broad SMARTS) is 1. The van der Waals surface area contributed by atoms with Crippen molar-refractivity contribution in [1.82, 2.24) is 4.98 Å². The second-order valence-electron chi connectivity index (χ2n) is 5.88. The Labute approximate surface area is 136 Å². The smallest absolute Gasteiger partial charge is 0.355 e. The third-order valence-electron chi connectivity index (χ3n) is 4.46. The molecule has 0 radical (unpaired) electrons. The van der Waals surface area contributed by atoms with E-state index in [1.807, 2.05) is 0 Å². The van der Waals surface area contributed by atoms with Crippen LogP contribution in [0.4, 0.5) is 0 Å². The van der Waals surface area contributed by atoms with Crippen molar-refractivity contribution in [2.45, 2.75) is 44.5 Å². The van der Waals surface area contributed by atoms with Gasteiger partial charge in [-0.05, 0) is 18.8 Å². The summed E-state index contributed by atoms with van der Waals surface area (Å²) in [5, 5.41) is 11.1. The fraction of sp³-hybridized carbons (Fsp3) is 0.600. The number of rotatable bonds is 4. The minimum absolute atomic E-state index is 0.0192. The number of carboxylic acids is 1. The summed E-state index contributed by atoms with van der Waals surface area (Å²) in [7, 11) is 0. The molecule has 0 spiro atoms. The highest BCUT2D eigenvalue weighted by molar-refractivity contribution is 7.09. The normalized spacial score (nSPS) is 33.0. The number of aromatic nitrogens is 1. The van der Waals surface area contributed by atoms with E-state index in [-0.39, 0.29) is 29.7 Å². The molecule has 7 nitrogen and oxygen atoms in total. The summed E-state index contributed by atoms with van der Waals surface area (Å²) >= 11 is 1.26. The van der Waals surface area contributed by atoms with Crippen molar-refractivity contribution >= 4 is 29.6 Å². The van der Waals surface area contributed by atoms with Crippen LogP contribution in [0, 0.1) is 11.8 Å². The van der Waals surface area contributed by atoms with Crippen LogP contribution in [0.2, 0.25) is 0 Å². The van der Waals surface area contributed by atoms with Gasteiger partial charge in [0, 0.05) is 18.7 Å². The molecule has 1 N–H and O–H groups in total. The quantitative estimate of drug-likeness (QED) is 0.659. The number of fused-ring (bicyclic) bond motifs is 1. The minimum atomic E-state index is -1.06. The fourth-order valence-corrected chi connectivity index (χ4v) is 4.35. The molecule has 0 amide bonds. The first-order chi connectivity index (χ1) is 11.0. The lowest BCUT2D eigenvalue weighted by molar-refractivity contribution is -0.148. The monoisotopic (exact) mass is 339 g/mol. The van der Waals surface area contributed by atoms with Gasteiger partial charge in [0.25, 0.3) is 0 Å². The van der Waals surface area contributed by atoms with Gasteiger partial charge >= 0.3 is 11.9 Å². The number of esters is 1. The van der Waals surface area contributed by atoms with Gasteiger partial charge < -0.3 is 19.4 Å². The average Bonchev–Trinajstić information content (AvgIpc) is 3.09. The van der Waals surface area contributed by atoms with Crippen molar-refractivity contribution in [2.75, 3.05) is 0 Å². The average molecular weight is 339 g/mol. The van der Waals surface area contributed by atoms with Crippen molar-refractivity contribution in [3.63, 3.8) is 0 Å². The molecule has 124 valence electrons. The molecule has 5 atom stereocenters. The molecule has 8 heteroatoms. The van der Waals surface area contributed by atoms with Crippen LogP contribution in [0.15, 0.2) is 5.38 Å². The third-order valence-corrected chi connectivity index (χ3v) is 5.39. The second kappa shape index (κ2) is 6.37. The number of nitrogens with zero attached hydrogens (tertiary/aromatic N) is 1. The Balaban J connectivity index is 1.71. The Hall–Kier alpha value is -1.80. The van der Waals surface area contributed by atoms with Gasteiger partial charge in [-0.15, -0.1) is 11.3 Å². The highest BCUT2D eigenvalue weighted by atomic mass is 32.1. The van der Waals surface area contributed by atoms with E-state index in [9.17, 15) is 14.4 Å². The molecule has 1 aliphatic heterocycles. The molecular formula is C15H17NO6S. The maximum absolute atomic E-state index is 11.4. The van der Waals surface area contributed by atoms with E-state index < -0.39 is 18.0 Å². The lowest BCUT2D eigenvalue weighted by atomic mass is 9.87. The Bertz CT molecular complexity index is 629. The lowest BCUT2D eigenvalue weighted by Crippen LogP contribution is -2.31. The van der Waals surface area contributed by atoms with Crippen LogP contribution in [0.1, 0.15) is 47.8 Å². The summed E-state index contributed by atoms with van der Waals surface area (Å²) in [6.07, 6.45) is 1.89. The van der Waals surface area contributed by atoms with Gasteiger partial charge in [0.1, 0.15) is 23.5 Å². The van der Waals surface area contributed by atoms with E-state index in [0.717, 1.165) is 12.7 Å². The Morgan fingerprint density at radius 3 is 2.87 bits per heavy atom. The van der Waals surface area contributed by atoms with Gasteiger partial charge in [-0.25, -0.2) is 9.78 Å². The van der Waals surface area contributed by atoms with Gasteiger partial charge in [0.2, 0.25) is 0 Å². The summed E-state index contributed by atoms with van der Waals surface area (Å²) in [5.41, 5.74) is 0.0192. The summed E-state index contributed by atoms with van der Waals surface area (Å²) < 4.78 is 11.3. The third kappa shape index (κ3) is 3.13. The predicted molar refractivity (Wildman–Crippen MR) is 79.1 cm³/mol. The number of hydrogen-bond acceptors (Lipinski definition) is 7. The molecular weight excluding hydrogens is 322 g/mol. The van der Waals surface area contributed by atoms with Crippen molar-refractivity contribution in [3.05, 3.63) is 16.1 Å². The summed E-state index contributed by atoms with van der Waals surface area (Å²) in [4.78, 5) is 37.6. The number of carbonyl (C=O) groups excluding carboxylic acids is 2. The molecule has 0 unspecified atom stereocenters. The van der Waals surface area contributed by atoms with Crippen LogP contribution >= 0.6 is 11.3 Å². The molecule has 1 aromatic rings. The highest BCUT2D eigenvalue weighted by Gasteiger charge is 2.48. The minimum Gasteiger partial charge on any atom is -0.476 e. The lowest BCUT2D eigenvalue weighted by Gasteiger charge is -2.32. The van der Waals surface area contributed by atoms with Gasteiger partial charge in [0.15, 0.2) is 5.69 Å². The maximum Gasteiger partial charge on any atom is 0.355 e. The molecule has 23 heavy (non-hydrogen) atoms. The number of ether oxygens (including phenoxy) is 2. The van der Waals surface area contributed by atoms with Crippen molar-refractivity contribution in [2.24, 2.45) is 11.8 Å². The molecule has 1 aliphatic carbocycles. The molecule has 1 aromatic heterocycles. The van der Waals surface area contributed by atoms with Gasteiger partial charge in [-0.1, -0.05) is 0 Å². The Morgan fingerprint density at radius 1 is 1.48 bits per heavy atom. The number of aldehydes is 1. The van der Waals surface area contributed by atoms with E-state index in [2.05, 4.69) is 4.98 Å². The number of carbonyl (C=O) groups is 3. The zero-order chi connectivity index (χ0) is 16.6. The summed E-state index contributed by atoms with van der Waals surface area (Å²) in [6, 6.07) is 0. The highest BCUT2D eigenvalue weighted by Crippen LogP contribution is 2.46. The molecule has 1 saturated heterocycles. The first-order valence-corrected chi connectivity index (χ1v) is 8.34. The topological polar surface area (TPSA) is 103 Å². The Kier molecular flexibility index (Phi) is 4.45. The number of hydrogen-bond donors (Lipinski definition) is 1. The van der Waals surface area contributed by atoms with Crippen molar-refractivity contribution < 1.29 is 29.0 Å². The van der Waals surface area contributed by atoms with E-state index in [4.69, 9.17) is 14.6 Å². The summed E-state index contributed by atoms with van der Waals surface area (Å²) in [6.45, 7) is 1.33. The van der Waals surface area contributed by atoms with Crippen LogP contribution in [0.25, 0.3) is 0 Å². The molecule has 0 bridgehead atoms. The predicted octanol–water partition coefficient (Wildman–Crippen LogP) is 1.83. The van der Waals surface area contributed by atoms with E-state index >= 15 is 0 Å². The fourth-order valence-electron chi connectivity index (χ4n) is 3.49. The van der Waals surface area contributed by atoms with E-state index in [1.54, 1.807) is 0 Å². The van der Waals surface area contributed by atoms with Crippen LogP contribution in [0.5, 0.6) is 0 Å². The molecule has 2 aliphatic rings. The largest absolute Gasteiger partial charge is 0.476 e. The summed E-state index contributed by atoms with van der Waals surface area (Å²) in [5.74, 6) is -1.76. The van der Waals surface area contributed by atoms with Gasteiger partial charge in [0.05, 0.1) is 12.0 Å². The van der Waals surface area contributed by atoms with Crippen LogP contribution < -0.4 is 0 Å². The van der Waals surface area contributed by atoms with E-state index in [0.29, 0.717) is 17.8 Å². The first-order valence-electron chi connectivity index (χ1n) is 7.46. The molecule has 1 saturated carbocycles. The number of thiazole rings is 1. The van der Waals surface area contributed by atoms with Gasteiger partial charge in [-0.2, -0.15) is 0 Å². The Morgan fingerprint density at radius 2 is 2.26 bits per heavy atom. The molecule has 0 aromatic carbocycles. The molecule has 3 rings (SSSR count). The second-order valence-corrected chi connectivity index (χ2v) is 6.77. The standard InChI is InChI=1S/C15H17NO6S/c1-7(18)21-13-4-12-8(9(13)5-17)2-3-11(22-12)14-16-10(6-23-14)15(19)20/h5-6,8-9,11-13H,2-4H2,1H3,(H,19,20)/t8-,9-,11-,12+,13-/m1/s1. The SMILES string of the molecule is CC(=O)O[C@@H]1C[C@@H]2O[C@@H](c3nc(C(=O)O)cs3)CC[C@@H]2[C@H]1C=O. The van der Waals surface area contributed by atoms with Crippen molar-refractivity contribution in [1.29, 1.82) is 0 Å². The zero-order valence-electron chi connectivity index (χ0n) is 12.5. The molecule has 2 fully saturated rings. The number of aromatic carboxylic acids is 1. The molecule has 2 heterocycles. The van der Waals surface area contributed by atoms with E-state index in [1.165, 1.54) is 23.6 Å². The van der Waals surface area contributed by atoms with Crippen LogP contribution in [-0.4, -0.2) is 40.5 Å². The van der Waals surface area contributed by atoms with Crippen LogP contribution in [0.3, 0.4) is 0 Å². The van der Waals surface area contributed by atoms with Crippen LogP contribution in [-0.2, 0) is 19.1 Å². The van der Waals surface area contributed by atoms with Crippen molar-refractivity contribution in [3.8, 4) is 0 Å². The first kappa shape index (κ1) is 16.1. The maximum atomic E-state index is 11.4.